The number of thiocarbonyl (C=S) groups is 1. The summed E-state index contributed by atoms with van der Waals surface area (Å²) in [4.78, 5) is 24.2. The van der Waals surface area contributed by atoms with Crippen molar-refractivity contribution in [3.63, 3.8) is 0 Å². The Balaban J connectivity index is 1.88. The highest BCUT2D eigenvalue weighted by Crippen LogP contribution is 2.27. The van der Waals surface area contributed by atoms with Crippen molar-refractivity contribution in [2.24, 2.45) is 0 Å². The van der Waals surface area contributed by atoms with Gasteiger partial charge in [-0.1, -0.05) is 18.2 Å². The molecule has 0 aliphatic heterocycles. The molecule has 8 nitrogen and oxygen atoms in total. The maximum Gasteiger partial charge on any atom is 0.273 e. The molecule has 0 heterocycles. The van der Waals surface area contributed by atoms with E-state index in [1.54, 1.807) is 55.7 Å². The van der Waals surface area contributed by atoms with Crippen molar-refractivity contribution in [1.82, 2.24) is 16.2 Å². The molecule has 0 unspecified atom stereocenters. The van der Waals surface area contributed by atoms with Crippen LogP contribution in [-0.4, -0.2) is 38.3 Å². The highest BCUT2D eigenvalue weighted by atomic mass is 32.1. The molecular weight excluding hydrogens is 394 g/mol. The maximum atomic E-state index is 12.2. The van der Waals surface area contributed by atoms with E-state index in [0.717, 1.165) is 5.56 Å². The second-order valence-electron chi connectivity index (χ2n) is 5.55. The van der Waals surface area contributed by atoms with E-state index in [1.165, 1.54) is 20.3 Å². The SMILES string of the molecule is COc1ccc(/C=C/C(=O)NC(=S)NNC(=O)c2ccccc2OC)cc1OC. The third kappa shape index (κ3) is 6.22. The number of nitrogens with one attached hydrogen (secondary N) is 3. The summed E-state index contributed by atoms with van der Waals surface area (Å²) in [6, 6.07) is 11.9. The van der Waals surface area contributed by atoms with Gasteiger partial charge >= 0.3 is 0 Å². The normalized spacial score (nSPS) is 10.2. The van der Waals surface area contributed by atoms with Crippen LogP contribution in [-0.2, 0) is 4.79 Å². The summed E-state index contributed by atoms with van der Waals surface area (Å²) < 4.78 is 15.5. The average Bonchev–Trinajstić information content (AvgIpc) is 2.75. The molecule has 0 fully saturated rings. The molecular formula is C20H21N3O5S. The summed E-state index contributed by atoms with van der Waals surface area (Å²) in [5.41, 5.74) is 5.93. The van der Waals surface area contributed by atoms with Gasteiger partial charge in [0.05, 0.1) is 26.9 Å². The van der Waals surface area contributed by atoms with Gasteiger partial charge in [-0.15, -0.1) is 0 Å². The Kier molecular flexibility index (Phi) is 7.99. The van der Waals surface area contributed by atoms with E-state index in [1.807, 2.05) is 0 Å². The van der Waals surface area contributed by atoms with E-state index >= 15 is 0 Å². The molecule has 2 aromatic rings. The number of hydrazine groups is 1. The quantitative estimate of drug-likeness (QED) is 0.377. The number of carbonyl (C=O) groups excluding carboxylic acids is 2. The van der Waals surface area contributed by atoms with E-state index in [2.05, 4.69) is 16.2 Å². The van der Waals surface area contributed by atoms with Gasteiger partial charge in [0.1, 0.15) is 5.75 Å². The molecule has 0 bridgehead atoms. The number of amides is 2. The van der Waals surface area contributed by atoms with E-state index in [0.29, 0.717) is 22.8 Å². The topological polar surface area (TPSA) is 97.9 Å². The molecule has 0 atom stereocenters. The molecule has 2 amide bonds. The molecule has 0 aromatic heterocycles. The fraction of sp³-hybridized carbons (Fsp3) is 0.150. The molecule has 0 aliphatic rings. The summed E-state index contributed by atoms with van der Waals surface area (Å²) >= 11 is 5.00. The van der Waals surface area contributed by atoms with Crippen molar-refractivity contribution in [3.05, 3.63) is 59.7 Å². The molecule has 29 heavy (non-hydrogen) atoms. The molecule has 0 saturated carbocycles. The fourth-order valence-corrected chi connectivity index (χ4v) is 2.48. The number of rotatable bonds is 6. The number of ether oxygens (including phenoxy) is 3. The first-order valence-corrected chi connectivity index (χ1v) is 8.83. The van der Waals surface area contributed by atoms with Crippen LogP contribution in [0.3, 0.4) is 0 Å². The van der Waals surface area contributed by atoms with Gasteiger partial charge in [0.15, 0.2) is 16.6 Å². The van der Waals surface area contributed by atoms with Crippen molar-refractivity contribution in [2.75, 3.05) is 21.3 Å². The third-order valence-corrected chi connectivity index (χ3v) is 3.92. The van der Waals surface area contributed by atoms with Crippen LogP contribution in [0.5, 0.6) is 17.2 Å². The number of benzene rings is 2. The minimum absolute atomic E-state index is 0.0600. The van der Waals surface area contributed by atoms with Crippen LogP contribution in [0.25, 0.3) is 6.08 Å². The van der Waals surface area contributed by atoms with E-state index in [-0.39, 0.29) is 5.11 Å². The van der Waals surface area contributed by atoms with E-state index < -0.39 is 11.8 Å². The second kappa shape index (κ2) is 10.7. The number of carbonyl (C=O) groups is 2. The zero-order valence-corrected chi connectivity index (χ0v) is 17.0. The van der Waals surface area contributed by atoms with Crippen molar-refractivity contribution in [3.8, 4) is 17.2 Å². The summed E-state index contributed by atoms with van der Waals surface area (Å²) in [6.45, 7) is 0. The lowest BCUT2D eigenvalue weighted by Crippen LogP contribution is -2.48. The molecule has 2 aromatic carbocycles. The van der Waals surface area contributed by atoms with Crippen LogP contribution in [0, 0.1) is 0 Å². The monoisotopic (exact) mass is 415 g/mol. The minimum atomic E-state index is -0.469. The first kappa shape index (κ1) is 21.7. The van der Waals surface area contributed by atoms with Crippen LogP contribution in [0.15, 0.2) is 48.5 Å². The molecule has 0 spiro atoms. The lowest BCUT2D eigenvalue weighted by atomic mass is 10.2. The first-order valence-electron chi connectivity index (χ1n) is 8.43. The van der Waals surface area contributed by atoms with Crippen LogP contribution in [0.2, 0.25) is 0 Å². The van der Waals surface area contributed by atoms with Crippen molar-refractivity contribution >= 4 is 35.2 Å². The van der Waals surface area contributed by atoms with Gasteiger partial charge in [0.25, 0.3) is 5.91 Å². The lowest BCUT2D eigenvalue weighted by Gasteiger charge is -2.11. The van der Waals surface area contributed by atoms with Gasteiger partial charge in [0, 0.05) is 6.08 Å². The molecule has 0 radical (unpaired) electrons. The summed E-state index contributed by atoms with van der Waals surface area (Å²) in [7, 11) is 4.54. The van der Waals surface area contributed by atoms with Crippen molar-refractivity contribution < 1.29 is 23.8 Å². The van der Waals surface area contributed by atoms with Crippen LogP contribution in [0.1, 0.15) is 15.9 Å². The Labute approximate surface area is 173 Å². The Morgan fingerprint density at radius 2 is 1.59 bits per heavy atom. The number of para-hydroxylation sites is 1. The number of methoxy groups -OCH3 is 3. The predicted octanol–water partition coefficient (Wildman–Crippen LogP) is 2.06. The second-order valence-corrected chi connectivity index (χ2v) is 5.95. The van der Waals surface area contributed by atoms with Crippen molar-refractivity contribution in [1.29, 1.82) is 0 Å². The fourth-order valence-electron chi connectivity index (χ4n) is 2.33. The summed E-state index contributed by atoms with van der Waals surface area (Å²) in [5, 5.41) is 2.37. The van der Waals surface area contributed by atoms with Crippen molar-refractivity contribution in [2.45, 2.75) is 0 Å². The zero-order valence-electron chi connectivity index (χ0n) is 16.1. The molecule has 2 rings (SSSR count). The molecule has 0 saturated heterocycles. The maximum absolute atomic E-state index is 12.2. The van der Waals surface area contributed by atoms with Gasteiger partial charge in [-0.3, -0.25) is 25.8 Å². The number of hydrogen-bond donors (Lipinski definition) is 3. The van der Waals surface area contributed by atoms with Crippen LogP contribution >= 0.6 is 12.2 Å². The Bertz CT molecular complexity index is 930. The van der Waals surface area contributed by atoms with E-state index in [9.17, 15) is 9.59 Å². The molecule has 9 heteroatoms. The average molecular weight is 415 g/mol. The Hall–Kier alpha value is -3.59. The standard InChI is InChI=1S/C20H21N3O5S/c1-26-15-7-5-4-6-14(15)19(25)22-23-20(29)21-18(24)11-9-13-8-10-16(27-2)17(12-13)28-3/h4-12H,1-3H3,(H,22,25)(H2,21,23,24,29)/b11-9+. The summed E-state index contributed by atoms with van der Waals surface area (Å²) in [6.07, 6.45) is 2.89. The first-order chi connectivity index (χ1) is 14.0. The Morgan fingerprint density at radius 1 is 0.897 bits per heavy atom. The Morgan fingerprint density at radius 3 is 2.28 bits per heavy atom. The summed E-state index contributed by atoms with van der Waals surface area (Å²) in [5.74, 6) is 0.625. The van der Waals surface area contributed by atoms with Crippen LogP contribution < -0.4 is 30.4 Å². The molecule has 0 aliphatic carbocycles. The lowest BCUT2D eigenvalue weighted by molar-refractivity contribution is -0.115. The van der Waals surface area contributed by atoms with Gasteiger partial charge in [0.2, 0.25) is 5.91 Å². The van der Waals surface area contributed by atoms with E-state index in [4.69, 9.17) is 26.4 Å². The van der Waals surface area contributed by atoms with Gasteiger partial charge in [-0.2, -0.15) is 0 Å². The van der Waals surface area contributed by atoms with Gasteiger partial charge < -0.3 is 14.2 Å². The van der Waals surface area contributed by atoms with Gasteiger partial charge in [-0.05, 0) is 48.1 Å². The highest BCUT2D eigenvalue weighted by molar-refractivity contribution is 7.80. The molecule has 3 N–H and O–H groups in total. The third-order valence-electron chi connectivity index (χ3n) is 3.71. The zero-order chi connectivity index (χ0) is 21.2. The molecule has 152 valence electrons. The highest BCUT2D eigenvalue weighted by Gasteiger charge is 2.11. The largest absolute Gasteiger partial charge is 0.496 e. The van der Waals surface area contributed by atoms with Gasteiger partial charge in [-0.25, -0.2) is 0 Å². The number of hydrogen-bond acceptors (Lipinski definition) is 6. The smallest absolute Gasteiger partial charge is 0.273 e. The predicted molar refractivity (Wildman–Crippen MR) is 113 cm³/mol. The minimum Gasteiger partial charge on any atom is -0.496 e. The van der Waals surface area contributed by atoms with Crippen LogP contribution in [0.4, 0.5) is 0 Å².